The summed E-state index contributed by atoms with van der Waals surface area (Å²) in [6.45, 7) is 5.36. The molecule has 0 saturated carbocycles. The fourth-order valence-electron chi connectivity index (χ4n) is 3.39. The molecule has 0 aromatic heterocycles. The number of carbonyl (C=O) groups is 2. The van der Waals surface area contributed by atoms with Gasteiger partial charge in [0.2, 0.25) is 21.8 Å². The smallest absolute Gasteiger partial charge is 0.244 e. The Morgan fingerprint density at radius 3 is 2.28 bits per heavy atom. The summed E-state index contributed by atoms with van der Waals surface area (Å²) in [7, 11) is -3.77. The maximum atomic E-state index is 13.4. The number of aryl methyl sites for hydroxylation is 1. The molecule has 0 bridgehead atoms. The van der Waals surface area contributed by atoms with Crippen LogP contribution in [0.15, 0.2) is 48.5 Å². The van der Waals surface area contributed by atoms with Gasteiger partial charge in [0.25, 0.3) is 0 Å². The van der Waals surface area contributed by atoms with E-state index in [2.05, 4.69) is 5.32 Å². The molecule has 0 aliphatic carbocycles. The highest BCUT2D eigenvalue weighted by molar-refractivity contribution is 7.92. The molecule has 0 aliphatic rings. The zero-order chi connectivity index (χ0) is 23.9. The molecule has 2 aromatic rings. The van der Waals surface area contributed by atoms with Crippen molar-refractivity contribution in [2.75, 3.05) is 23.7 Å². The van der Waals surface area contributed by atoms with E-state index in [9.17, 15) is 22.4 Å². The minimum Gasteiger partial charge on any atom is -0.355 e. The Bertz CT molecular complexity index is 1040. The molecule has 0 fully saturated rings. The Labute approximate surface area is 189 Å². The van der Waals surface area contributed by atoms with Gasteiger partial charge in [-0.15, -0.1) is 0 Å². The van der Waals surface area contributed by atoms with E-state index in [0.717, 1.165) is 16.1 Å². The van der Waals surface area contributed by atoms with Crippen LogP contribution in [0, 0.1) is 12.7 Å². The maximum Gasteiger partial charge on any atom is 0.244 e. The summed E-state index contributed by atoms with van der Waals surface area (Å²) in [5, 5.41) is 2.72. The molecule has 9 heteroatoms. The molecule has 0 saturated heterocycles. The van der Waals surface area contributed by atoms with Crippen LogP contribution < -0.4 is 9.62 Å². The molecule has 1 unspecified atom stereocenters. The zero-order valence-electron chi connectivity index (χ0n) is 18.8. The average molecular weight is 464 g/mol. The lowest BCUT2D eigenvalue weighted by Crippen LogP contribution is -2.52. The second kappa shape index (κ2) is 11.1. The van der Waals surface area contributed by atoms with Crippen LogP contribution in [0.2, 0.25) is 0 Å². The highest BCUT2D eigenvalue weighted by atomic mass is 32.2. The number of benzene rings is 2. The fraction of sp³-hybridized carbons (Fsp3) is 0.391. The maximum absolute atomic E-state index is 13.4. The van der Waals surface area contributed by atoms with E-state index in [1.54, 1.807) is 32.0 Å². The number of rotatable bonds is 10. The predicted octanol–water partition coefficient (Wildman–Crippen LogP) is 2.84. The van der Waals surface area contributed by atoms with E-state index in [1.165, 1.54) is 29.2 Å². The number of amides is 2. The first-order chi connectivity index (χ1) is 15.1. The van der Waals surface area contributed by atoms with Crippen molar-refractivity contribution in [1.82, 2.24) is 10.2 Å². The number of hydrogen-bond donors (Lipinski definition) is 1. The van der Waals surface area contributed by atoms with Gasteiger partial charge in [-0.1, -0.05) is 31.2 Å². The number of anilines is 1. The molecule has 0 aliphatic heterocycles. The normalized spacial score (nSPS) is 12.2. The van der Waals surface area contributed by atoms with E-state index in [4.69, 9.17) is 0 Å². The lowest BCUT2D eigenvalue weighted by Gasteiger charge is -2.32. The lowest BCUT2D eigenvalue weighted by molar-refractivity contribution is -0.140. The number of nitrogens with one attached hydrogen (secondary N) is 1. The first-order valence-electron chi connectivity index (χ1n) is 10.4. The summed E-state index contributed by atoms with van der Waals surface area (Å²) < 4.78 is 39.4. The quantitative estimate of drug-likeness (QED) is 0.587. The van der Waals surface area contributed by atoms with E-state index in [-0.39, 0.29) is 12.5 Å². The fourth-order valence-corrected chi connectivity index (χ4v) is 4.24. The summed E-state index contributed by atoms with van der Waals surface area (Å²) in [5.41, 5.74) is 1.85. The molecular formula is C23H30FN3O4S. The minimum absolute atomic E-state index is 0.0418. The highest BCUT2D eigenvalue weighted by Crippen LogP contribution is 2.21. The monoisotopic (exact) mass is 463 g/mol. The molecule has 2 aromatic carbocycles. The van der Waals surface area contributed by atoms with Crippen molar-refractivity contribution >= 4 is 27.5 Å². The Kier molecular flexibility index (Phi) is 8.77. The first-order valence-corrected chi connectivity index (χ1v) is 12.3. The van der Waals surface area contributed by atoms with Gasteiger partial charge in [-0.2, -0.15) is 0 Å². The van der Waals surface area contributed by atoms with E-state index >= 15 is 0 Å². The number of halogens is 1. The molecule has 7 nitrogen and oxygen atoms in total. The van der Waals surface area contributed by atoms with Crippen LogP contribution in [0.1, 0.15) is 31.4 Å². The largest absolute Gasteiger partial charge is 0.355 e. The van der Waals surface area contributed by atoms with Crippen molar-refractivity contribution in [3.8, 4) is 0 Å². The molecular weight excluding hydrogens is 433 g/mol. The van der Waals surface area contributed by atoms with Gasteiger partial charge in [0, 0.05) is 13.1 Å². The molecule has 2 rings (SSSR count). The molecule has 1 atom stereocenters. The number of carbonyl (C=O) groups excluding carboxylic acids is 2. The van der Waals surface area contributed by atoms with Gasteiger partial charge >= 0.3 is 0 Å². The van der Waals surface area contributed by atoms with Crippen LogP contribution in [0.25, 0.3) is 0 Å². The van der Waals surface area contributed by atoms with Crippen LogP contribution in [0.3, 0.4) is 0 Å². The van der Waals surface area contributed by atoms with Gasteiger partial charge in [0.05, 0.1) is 11.9 Å². The SMILES string of the molecule is CCNC(=O)C(CC)N(Cc1ccc(F)cc1)C(=O)CN(c1cccc(C)c1)S(C)(=O)=O. The second-order valence-corrected chi connectivity index (χ2v) is 9.48. The van der Waals surface area contributed by atoms with Crippen LogP contribution in [0.5, 0.6) is 0 Å². The molecule has 1 N–H and O–H groups in total. The second-order valence-electron chi connectivity index (χ2n) is 7.58. The Morgan fingerprint density at radius 1 is 1.09 bits per heavy atom. The molecule has 174 valence electrons. The number of nitrogens with zero attached hydrogens (tertiary/aromatic N) is 2. The molecule has 0 radical (unpaired) electrons. The zero-order valence-corrected chi connectivity index (χ0v) is 19.7. The Morgan fingerprint density at radius 2 is 1.75 bits per heavy atom. The minimum atomic E-state index is -3.77. The van der Waals surface area contributed by atoms with Crippen LogP contribution in [-0.4, -0.2) is 50.5 Å². The van der Waals surface area contributed by atoms with Crippen molar-refractivity contribution in [3.05, 3.63) is 65.5 Å². The first kappa shape index (κ1) is 25.3. The van der Waals surface area contributed by atoms with Crippen molar-refractivity contribution in [2.24, 2.45) is 0 Å². The van der Waals surface area contributed by atoms with Gasteiger partial charge < -0.3 is 10.2 Å². The number of sulfonamides is 1. The van der Waals surface area contributed by atoms with E-state index in [0.29, 0.717) is 24.2 Å². The molecule has 0 spiro atoms. The summed E-state index contributed by atoms with van der Waals surface area (Å²) in [4.78, 5) is 27.4. The van der Waals surface area contributed by atoms with Crippen LogP contribution in [0.4, 0.5) is 10.1 Å². The number of likely N-dealkylation sites (N-methyl/N-ethyl adjacent to an activating group) is 1. The van der Waals surface area contributed by atoms with Crippen molar-refractivity contribution in [1.29, 1.82) is 0 Å². The summed E-state index contributed by atoms with van der Waals surface area (Å²) in [6, 6.07) is 11.7. The van der Waals surface area contributed by atoms with Gasteiger partial charge in [-0.3, -0.25) is 13.9 Å². The average Bonchev–Trinajstić information content (AvgIpc) is 2.72. The predicted molar refractivity (Wildman–Crippen MR) is 123 cm³/mol. The van der Waals surface area contributed by atoms with E-state index in [1.807, 2.05) is 13.0 Å². The van der Waals surface area contributed by atoms with Crippen molar-refractivity contribution < 1.29 is 22.4 Å². The van der Waals surface area contributed by atoms with Crippen molar-refractivity contribution in [3.63, 3.8) is 0 Å². The Hall–Kier alpha value is -2.94. The third-order valence-corrected chi connectivity index (χ3v) is 6.11. The van der Waals surface area contributed by atoms with Gasteiger partial charge in [0.1, 0.15) is 18.4 Å². The van der Waals surface area contributed by atoms with Crippen LogP contribution in [-0.2, 0) is 26.2 Å². The Balaban J connectivity index is 2.42. The summed E-state index contributed by atoms with van der Waals surface area (Å²) in [5.74, 6) is -1.27. The highest BCUT2D eigenvalue weighted by Gasteiger charge is 2.31. The molecule has 0 heterocycles. The van der Waals surface area contributed by atoms with Crippen LogP contribution >= 0.6 is 0 Å². The van der Waals surface area contributed by atoms with Gasteiger partial charge in [0.15, 0.2) is 0 Å². The topological polar surface area (TPSA) is 86.8 Å². The van der Waals surface area contributed by atoms with E-state index < -0.39 is 34.3 Å². The third-order valence-electron chi connectivity index (χ3n) is 4.97. The lowest BCUT2D eigenvalue weighted by atomic mass is 10.1. The molecule has 32 heavy (non-hydrogen) atoms. The number of hydrogen-bond acceptors (Lipinski definition) is 4. The third kappa shape index (κ3) is 6.78. The standard InChI is InChI=1S/C23H30FN3O4S/c1-5-21(23(29)25-6-2)26(15-18-10-12-19(24)13-11-18)22(28)16-27(32(4,30)31)20-9-7-8-17(3)14-20/h7-14,21H,5-6,15-16H2,1-4H3,(H,25,29). The molecule has 2 amide bonds. The summed E-state index contributed by atoms with van der Waals surface area (Å²) >= 11 is 0. The summed E-state index contributed by atoms with van der Waals surface area (Å²) in [6.07, 6.45) is 1.37. The van der Waals surface area contributed by atoms with Crippen molar-refractivity contribution in [2.45, 2.75) is 39.8 Å². The van der Waals surface area contributed by atoms with Gasteiger partial charge in [-0.25, -0.2) is 12.8 Å². The van der Waals surface area contributed by atoms with Gasteiger partial charge in [-0.05, 0) is 55.7 Å².